The molecule has 1 aromatic carbocycles. The van der Waals surface area contributed by atoms with E-state index in [4.69, 9.17) is 15.4 Å². The number of nitrogens with one attached hydrogen (secondary N) is 1. The topological polar surface area (TPSA) is 81.4 Å². The minimum absolute atomic E-state index is 0.140. The van der Waals surface area contributed by atoms with Crippen molar-refractivity contribution < 1.29 is 27.5 Å². The first-order valence-electron chi connectivity index (χ1n) is 7.55. The summed E-state index contributed by atoms with van der Waals surface area (Å²) in [6.07, 6.45) is -2.45. The van der Waals surface area contributed by atoms with Gasteiger partial charge in [0.05, 0.1) is 12.2 Å². The van der Waals surface area contributed by atoms with Gasteiger partial charge < -0.3 is 4.74 Å². The average molecular weight is 348 g/mol. The highest BCUT2D eigenvalue weighted by atomic mass is 19.4. The highest BCUT2D eigenvalue weighted by Gasteiger charge is 2.24. The molecule has 0 radical (unpaired) electrons. The van der Waals surface area contributed by atoms with Gasteiger partial charge in [0.25, 0.3) is 0 Å². The summed E-state index contributed by atoms with van der Waals surface area (Å²) in [6, 6.07) is 7.55. The van der Waals surface area contributed by atoms with Gasteiger partial charge in [-0.2, -0.15) is 13.2 Å². The summed E-state index contributed by atoms with van der Waals surface area (Å²) in [7, 11) is 0. The van der Waals surface area contributed by atoms with Crippen molar-refractivity contribution in [1.82, 2.24) is 5.43 Å². The van der Waals surface area contributed by atoms with E-state index in [-0.39, 0.29) is 12.0 Å². The summed E-state index contributed by atoms with van der Waals surface area (Å²) in [4.78, 5) is 20.2. The van der Waals surface area contributed by atoms with Crippen LogP contribution in [0.4, 0.5) is 13.2 Å². The summed E-state index contributed by atoms with van der Waals surface area (Å²) in [5.74, 6) is 5.27. The molecule has 0 aliphatic rings. The number of halogens is 3. The standard InChI is InChI=1S/C14H22N2O2.C2HF3O/c1-3-5-6-13(16-15)11-7-9-12(10-8-11)14(17)18-4-2;3-2(4,5)1-6/h7-10,13,16H,3-6,15H2,1-2H3;1H. The zero-order valence-electron chi connectivity index (χ0n) is 13.7. The highest BCUT2D eigenvalue weighted by Crippen LogP contribution is 2.19. The molecule has 24 heavy (non-hydrogen) atoms. The number of nitrogens with two attached hydrogens (primary N) is 1. The molecule has 3 N–H and O–H groups in total. The molecule has 5 nitrogen and oxygen atoms in total. The van der Waals surface area contributed by atoms with Gasteiger partial charge in [-0.1, -0.05) is 31.9 Å². The lowest BCUT2D eigenvalue weighted by Gasteiger charge is -2.16. The number of esters is 1. The maximum atomic E-state index is 11.5. The molecule has 1 aromatic rings. The van der Waals surface area contributed by atoms with Crippen molar-refractivity contribution >= 4 is 12.3 Å². The van der Waals surface area contributed by atoms with E-state index in [0.717, 1.165) is 24.8 Å². The number of rotatable bonds is 7. The van der Waals surface area contributed by atoms with E-state index < -0.39 is 12.5 Å². The molecule has 136 valence electrons. The Bertz CT molecular complexity index is 490. The minimum atomic E-state index is -4.64. The first-order chi connectivity index (χ1) is 11.3. The molecule has 1 atom stereocenters. The largest absolute Gasteiger partial charge is 0.462 e. The lowest BCUT2D eigenvalue weighted by Crippen LogP contribution is -2.28. The van der Waals surface area contributed by atoms with Crippen LogP contribution in [-0.4, -0.2) is 25.0 Å². The van der Waals surface area contributed by atoms with Gasteiger partial charge in [0.2, 0.25) is 6.29 Å². The second-order valence-electron chi connectivity index (χ2n) is 4.86. The van der Waals surface area contributed by atoms with Crippen LogP contribution in [0.25, 0.3) is 0 Å². The lowest BCUT2D eigenvalue weighted by molar-refractivity contribution is -0.156. The molecule has 0 aliphatic heterocycles. The van der Waals surface area contributed by atoms with Gasteiger partial charge in [-0.25, -0.2) is 4.79 Å². The smallest absolute Gasteiger partial charge is 0.446 e. The van der Waals surface area contributed by atoms with Crippen LogP contribution < -0.4 is 11.3 Å². The fourth-order valence-corrected chi connectivity index (χ4v) is 1.82. The van der Waals surface area contributed by atoms with Gasteiger partial charge >= 0.3 is 12.1 Å². The predicted octanol–water partition coefficient (Wildman–Crippen LogP) is 3.31. The number of benzene rings is 1. The number of ether oxygens (including phenoxy) is 1. The third-order valence-electron chi connectivity index (χ3n) is 3.01. The molecule has 1 rings (SSSR count). The zero-order chi connectivity index (χ0) is 18.6. The molecule has 0 aliphatic carbocycles. The number of carbonyl (C=O) groups is 2. The van der Waals surface area contributed by atoms with Crippen molar-refractivity contribution in [3.8, 4) is 0 Å². The van der Waals surface area contributed by atoms with Crippen LogP contribution in [0.3, 0.4) is 0 Å². The Hall–Kier alpha value is -1.93. The SMILES string of the molecule is CCCCC(NN)c1ccc(C(=O)OCC)cc1.O=CC(F)(F)F. The molecule has 0 fully saturated rings. The average Bonchev–Trinajstić information content (AvgIpc) is 2.56. The van der Waals surface area contributed by atoms with E-state index in [0.29, 0.717) is 12.2 Å². The van der Waals surface area contributed by atoms with Gasteiger partial charge in [0.1, 0.15) is 0 Å². The van der Waals surface area contributed by atoms with Crippen molar-refractivity contribution in [2.45, 2.75) is 45.3 Å². The summed E-state index contributed by atoms with van der Waals surface area (Å²) >= 11 is 0. The fraction of sp³-hybridized carbons (Fsp3) is 0.500. The third-order valence-corrected chi connectivity index (χ3v) is 3.01. The van der Waals surface area contributed by atoms with Crippen molar-refractivity contribution in [3.63, 3.8) is 0 Å². The lowest BCUT2D eigenvalue weighted by atomic mass is 10.0. The number of alkyl halides is 3. The number of hydrogen-bond donors (Lipinski definition) is 2. The quantitative estimate of drug-likeness (QED) is 0.342. The Labute approximate surface area is 139 Å². The van der Waals surface area contributed by atoms with Crippen LogP contribution in [-0.2, 0) is 9.53 Å². The van der Waals surface area contributed by atoms with Crippen molar-refractivity contribution in [2.24, 2.45) is 5.84 Å². The second kappa shape index (κ2) is 11.6. The minimum Gasteiger partial charge on any atom is -0.462 e. The Kier molecular flexibility index (Phi) is 10.7. The first kappa shape index (κ1) is 22.1. The second-order valence-corrected chi connectivity index (χ2v) is 4.86. The molecule has 0 aromatic heterocycles. The molecule has 0 amide bonds. The summed E-state index contributed by atoms with van der Waals surface area (Å²) in [6.45, 7) is 4.34. The Morgan fingerprint density at radius 3 is 2.21 bits per heavy atom. The molecule has 0 spiro atoms. The molecule has 0 saturated heterocycles. The van der Waals surface area contributed by atoms with Gasteiger partial charge in [-0.15, -0.1) is 0 Å². The van der Waals surface area contributed by atoms with E-state index >= 15 is 0 Å². The maximum Gasteiger partial charge on any atom is 0.446 e. The Morgan fingerprint density at radius 2 is 1.83 bits per heavy atom. The van der Waals surface area contributed by atoms with Crippen LogP contribution >= 0.6 is 0 Å². The third kappa shape index (κ3) is 9.26. The van der Waals surface area contributed by atoms with E-state index in [1.807, 2.05) is 12.1 Å². The van der Waals surface area contributed by atoms with E-state index in [2.05, 4.69) is 12.3 Å². The molecule has 0 bridgehead atoms. The predicted molar refractivity (Wildman–Crippen MR) is 84.1 cm³/mol. The Morgan fingerprint density at radius 1 is 1.29 bits per heavy atom. The molecule has 0 saturated carbocycles. The van der Waals surface area contributed by atoms with Crippen molar-refractivity contribution in [1.29, 1.82) is 0 Å². The van der Waals surface area contributed by atoms with Crippen LogP contribution in [0.1, 0.15) is 55.1 Å². The highest BCUT2D eigenvalue weighted by molar-refractivity contribution is 5.89. The van der Waals surface area contributed by atoms with Gasteiger partial charge in [-0.3, -0.25) is 16.1 Å². The van der Waals surface area contributed by atoms with Gasteiger partial charge in [0, 0.05) is 6.04 Å². The number of unbranched alkanes of at least 4 members (excludes halogenated alkanes) is 1. The van der Waals surface area contributed by atoms with Crippen LogP contribution in [0.15, 0.2) is 24.3 Å². The van der Waals surface area contributed by atoms with Crippen LogP contribution in [0.2, 0.25) is 0 Å². The summed E-state index contributed by atoms with van der Waals surface area (Å²) in [5.41, 5.74) is 4.48. The zero-order valence-corrected chi connectivity index (χ0v) is 13.7. The number of carbonyl (C=O) groups excluding carboxylic acids is 2. The number of aldehydes is 1. The van der Waals surface area contributed by atoms with E-state index in [1.165, 1.54) is 0 Å². The number of hydrazine groups is 1. The fourth-order valence-electron chi connectivity index (χ4n) is 1.82. The van der Waals surface area contributed by atoms with Crippen LogP contribution in [0.5, 0.6) is 0 Å². The first-order valence-corrected chi connectivity index (χ1v) is 7.55. The normalized spacial score (nSPS) is 11.9. The summed E-state index contributed by atoms with van der Waals surface area (Å²) in [5, 5.41) is 0. The van der Waals surface area contributed by atoms with Gasteiger partial charge in [0.15, 0.2) is 0 Å². The van der Waals surface area contributed by atoms with E-state index in [1.54, 1.807) is 19.1 Å². The number of hydrogen-bond acceptors (Lipinski definition) is 5. The van der Waals surface area contributed by atoms with Crippen molar-refractivity contribution in [2.75, 3.05) is 6.61 Å². The molecule has 1 unspecified atom stereocenters. The van der Waals surface area contributed by atoms with Crippen LogP contribution in [0, 0.1) is 0 Å². The Balaban J connectivity index is 0.000000754. The van der Waals surface area contributed by atoms with E-state index in [9.17, 15) is 18.0 Å². The molecule has 0 heterocycles. The molecular weight excluding hydrogens is 325 g/mol. The molecular formula is C16H23F3N2O3. The monoisotopic (exact) mass is 348 g/mol. The summed E-state index contributed by atoms with van der Waals surface area (Å²) < 4.78 is 36.2. The maximum absolute atomic E-state index is 11.5. The van der Waals surface area contributed by atoms with Gasteiger partial charge in [-0.05, 0) is 31.0 Å². The molecule has 8 heteroatoms. The van der Waals surface area contributed by atoms with Crippen molar-refractivity contribution in [3.05, 3.63) is 35.4 Å².